The van der Waals surface area contributed by atoms with Crippen molar-refractivity contribution in [1.82, 2.24) is 4.72 Å². The maximum atomic E-state index is 11.9. The van der Waals surface area contributed by atoms with Gasteiger partial charge in [-0.3, -0.25) is 0 Å². The zero-order chi connectivity index (χ0) is 14.6. The van der Waals surface area contributed by atoms with Gasteiger partial charge in [0, 0.05) is 6.54 Å². The number of aryl methyl sites for hydroxylation is 1. The molecule has 6 nitrogen and oxygen atoms in total. The summed E-state index contributed by atoms with van der Waals surface area (Å²) in [4.78, 5) is 10.9. The summed E-state index contributed by atoms with van der Waals surface area (Å²) in [7, 11) is -3.76. The average molecular weight is 307 g/mol. The Labute approximate surface area is 116 Å². The molecule has 1 heterocycles. The zero-order valence-electron chi connectivity index (χ0n) is 10.7. The monoisotopic (exact) mass is 307 g/mol. The van der Waals surface area contributed by atoms with E-state index in [2.05, 4.69) is 4.72 Å². The quantitative estimate of drug-likeness (QED) is 0.702. The van der Waals surface area contributed by atoms with Crippen molar-refractivity contribution >= 4 is 27.3 Å². The molecule has 0 fully saturated rings. The molecule has 0 saturated heterocycles. The molecule has 0 aliphatic rings. The highest BCUT2D eigenvalue weighted by Gasteiger charge is 2.22. The third kappa shape index (κ3) is 4.27. The van der Waals surface area contributed by atoms with E-state index >= 15 is 0 Å². The second kappa shape index (κ2) is 6.47. The lowest BCUT2D eigenvalue weighted by molar-refractivity contribution is 0.0701. The van der Waals surface area contributed by atoms with Gasteiger partial charge in [0.05, 0.1) is 6.10 Å². The van der Waals surface area contributed by atoms with Crippen LogP contribution in [0.5, 0.6) is 0 Å². The molecule has 19 heavy (non-hydrogen) atoms. The normalized spacial score (nSPS) is 13.4. The molecule has 0 radical (unpaired) electrons. The maximum Gasteiger partial charge on any atom is 0.346 e. The first kappa shape index (κ1) is 16.1. The number of carboxylic acids is 1. The predicted molar refractivity (Wildman–Crippen MR) is 72.1 cm³/mol. The van der Waals surface area contributed by atoms with Crippen molar-refractivity contribution in [2.24, 2.45) is 0 Å². The van der Waals surface area contributed by atoms with Gasteiger partial charge >= 0.3 is 5.97 Å². The second-order valence-corrected chi connectivity index (χ2v) is 7.22. The fourth-order valence-corrected chi connectivity index (χ4v) is 4.01. The van der Waals surface area contributed by atoms with E-state index in [1.54, 1.807) is 6.92 Å². The number of aromatic carboxylic acids is 1. The molecule has 1 unspecified atom stereocenters. The number of nitrogens with one attached hydrogen (secondary N) is 1. The Morgan fingerprint density at radius 3 is 2.63 bits per heavy atom. The van der Waals surface area contributed by atoms with Crippen molar-refractivity contribution in [3.8, 4) is 0 Å². The predicted octanol–water partition coefficient (Wildman–Crippen LogP) is 1.19. The Morgan fingerprint density at radius 1 is 1.53 bits per heavy atom. The number of rotatable bonds is 7. The second-order valence-electron chi connectivity index (χ2n) is 4.18. The van der Waals surface area contributed by atoms with Gasteiger partial charge in [0.2, 0.25) is 10.0 Å². The molecule has 0 saturated carbocycles. The van der Waals surface area contributed by atoms with Crippen molar-refractivity contribution in [2.45, 2.75) is 37.0 Å². The fraction of sp³-hybridized carbons (Fsp3) is 0.545. The Kier molecular flexibility index (Phi) is 5.48. The van der Waals surface area contributed by atoms with Gasteiger partial charge in [0.25, 0.3) is 0 Å². The molecular formula is C11H17NO5S2. The fourth-order valence-electron chi connectivity index (χ4n) is 1.51. The van der Waals surface area contributed by atoms with Crippen LogP contribution < -0.4 is 4.72 Å². The molecule has 1 aromatic heterocycles. The first-order valence-corrected chi connectivity index (χ1v) is 8.09. The molecule has 0 aliphatic carbocycles. The van der Waals surface area contributed by atoms with Crippen LogP contribution in [0, 0.1) is 6.92 Å². The van der Waals surface area contributed by atoms with E-state index in [1.807, 2.05) is 6.92 Å². The van der Waals surface area contributed by atoms with E-state index < -0.39 is 22.1 Å². The standard InChI is InChI=1S/C11H17NO5S2/c1-3-4-8(13)6-12-19(16,17)9-5-7(2)10(18-9)11(14)15/h5,8,12-13H,3-4,6H2,1-2H3,(H,14,15). The van der Waals surface area contributed by atoms with Gasteiger partial charge in [-0.25, -0.2) is 17.9 Å². The van der Waals surface area contributed by atoms with E-state index in [0.717, 1.165) is 6.42 Å². The number of thiophene rings is 1. The first-order chi connectivity index (χ1) is 8.77. The largest absolute Gasteiger partial charge is 0.477 e. The molecule has 1 rings (SSSR count). The van der Waals surface area contributed by atoms with Crippen LogP contribution in [0.1, 0.15) is 35.0 Å². The van der Waals surface area contributed by atoms with Crippen LogP contribution in [-0.4, -0.2) is 37.2 Å². The zero-order valence-corrected chi connectivity index (χ0v) is 12.3. The van der Waals surface area contributed by atoms with Gasteiger partial charge in [0.1, 0.15) is 9.09 Å². The highest BCUT2D eigenvalue weighted by molar-refractivity contribution is 7.91. The summed E-state index contributed by atoms with van der Waals surface area (Å²) >= 11 is 0.708. The molecule has 8 heteroatoms. The van der Waals surface area contributed by atoms with Crippen LogP contribution >= 0.6 is 11.3 Å². The summed E-state index contributed by atoms with van der Waals surface area (Å²) in [6, 6.07) is 1.32. The number of carbonyl (C=O) groups is 1. The summed E-state index contributed by atoms with van der Waals surface area (Å²) < 4.78 is 26.1. The van der Waals surface area contributed by atoms with Gasteiger partial charge in [-0.05, 0) is 25.0 Å². The minimum absolute atomic E-state index is 0.00878. The molecule has 0 bridgehead atoms. The van der Waals surface area contributed by atoms with Crippen molar-refractivity contribution < 1.29 is 23.4 Å². The van der Waals surface area contributed by atoms with Crippen LogP contribution in [0.4, 0.5) is 0 Å². The molecule has 0 aromatic carbocycles. The van der Waals surface area contributed by atoms with Crippen molar-refractivity contribution in [2.75, 3.05) is 6.54 Å². The van der Waals surface area contributed by atoms with Gasteiger partial charge in [0.15, 0.2) is 0 Å². The summed E-state index contributed by atoms with van der Waals surface area (Å²) in [5.41, 5.74) is 0.409. The highest BCUT2D eigenvalue weighted by atomic mass is 32.2. The average Bonchev–Trinajstić information content (AvgIpc) is 2.70. The number of hydrogen-bond donors (Lipinski definition) is 3. The van der Waals surface area contributed by atoms with E-state index in [-0.39, 0.29) is 15.6 Å². The van der Waals surface area contributed by atoms with E-state index in [9.17, 15) is 18.3 Å². The molecule has 1 aromatic rings. The Morgan fingerprint density at radius 2 is 2.16 bits per heavy atom. The van der Waals surface area contributed by atoms with Gasteiger partial charge in [-0.15, -0.1) is 11.3 Å². The summed E-state index contributed by atoms with van der Waals surface area (Å²) in [6.45, 7) is 3.36. The van der Waals surface area contributed by atoms with E-state index in [4.69, 9.17) is 5.11 Å². The molecular weight excluding hydrogens is 290 g/mol. The third-order valence-corrected chi connectivity index (χ3v) is 5.61. The van der Waals surface area contributed by atoms with Crippen LogP contribution in [0.3, 0.4) is 0 Å². The lowest BCUT2D eigenvalue weighted by atomic mass is 10.2. The molecule has 108 valence electrons. The van der Waals surface area contributed by atoms with Gasteiger partial charge in [-0.1, -0.05) is 13.3 Å². The van der Waals surface area contributed by atoms with Crippen molar-refractivity contribution in [1.29, 1.82) is 0 Å². The number of carboxylic acid groups (broad SMARTS) is 1. The summed E-state index contributed by atoms with van der Waals surface area (Å²) in [6.07, 6.45) is 0.524. The van der Waals surface area contributed by atoms with Crippen molar-refractivity contribution in [3.63, 3.8) is 0 Å². The smallest absolute Gasteiger partial charge is 0.346 e. The van der Waals surface area contributed by atoms with Crippen LogP contribution in [-0.2, 0) is 10.0 Å². The SMILES string of the molecule is CCCC(O)CNS(=O)(=O)c1cc(C)c(C(=O)O)s1. The number of aliphatic hydroxyl groups excluding tert-OH is 1. The van der Waals surface area contributed by atoms with E-state index in [1.165, 1.54) is 6.07 Å². The van der Waals surface area contributed by atoms with Crippen LogP contribution in [0.25, 0.3) is 0 Å². The maximum absolute atomic E-state index is 11.9. The number of hydrogen-bond acceptors (Lipinski definition) is 5. The Bertz CT molecular complexity index is 549. The molecule has 0 amide bonds. The van der Waals surface area contributed by atoms with Crippen LogP contribution in [0.15, 0.2) is 10.3 Å². The summed E-state index contributed by atoms with van der Waals surface area (Å²) in [5.74, 6) is -1.14. The number of sulfonamides is 1. The minimum atomic E-state index is -3.76. The minimum Gasteiger partial charge on any atom is -0.477 e. The molecule has 0 aliphatic heterocycles. The highest BCUT2D eigenvalue weighted by Crippen LogP contribution is 2.25. The third-order valence-electron chi connectivity index (χ3n) is 2.49. The van der Waals surface area contributed by atoms with Gasteiger partial charge < -0.3 is 10.2 Å². The molecule has 1 atom stereocenters. The lowest BCUT2D eigenvalue weighted by Crippen LogP contribution is -2.31. The van der Waals surface area contributed by atoms with Crippen molar-refractivity contribution in [3.05, 3.63) is 16.5 Å². The molecule has 0 spiro atoms. The topological polar surface area (TPSA) is 104 Å². The Hall–Kier alpha value is -0.960. The van der Waals surface area contributed by atoms with Crippen LogP contribution in [0.2, 0.25) is 0 Å². The van der Waals surface area contributed by atoms with Gasteiger partial charge in [-0.2, -0.15) is 0 Å². The molecule has 3 N–H and O–H groups in total. The first-order valence-electron chi connectivity index (χ1n) is 5.79. The lowest BCUT2D eigenvalue weighted by Gasteiger charge is -2.10. The Balaban J connectivity index is 2.83. The summed E-state index contributed by atoms with van der Waals surface area (Å²) in [5, 5.41) is 18.4. The number of aliphatic hydroxyl groups is 1. The van der Waals surface area contributed by atoms with E-state index in [0.29, 0.717) is 23.3 Å².